The third-order valence-electron chi connectivity index (χ3n) is 2.81. The van der Waals surface area contributed by atoms with Gasteiger partial charge in [0.2, 0.25) is 0 Å². The molecule has 4 nitrogen and oxygen atoms in total. The SMILES string of the molecule is CC(C)COCCN1CC(CO)OCC1C. The van der Waals surface area contributed by atoms with Crippen molar-refractivity contribution in [1.82, 2.24) is 4.90 Å². The molecular formula is C12H25NO3. The molecule has 16 heavy (non-hydrogen) atoms. The van der Waals surface area contributed by atoms with E-state index in [1.807, 2.05) is 0 Å². The highest BCUT2D eigenvalue weighted by atomic mass is 16.5. The Balaban J connectivity index is 2.18. The largest absolute Gasteiger partial charge is 0.394 e. The Morgan fingerprint density at radius 1 is 1.50 bits per heavy atom. The van der Waals surface area contributed by atoms with Gasteiger partial charge in [0.1, 0.15) is 0 Å². The quantitative estimate of drug-likeness (QED) is 0.685. The van der Waals surface area contributed by atoms with Crippen LogP contribution in [0.2, 0.25) is 0 Å². The molecule has 0 aromatic rings. The molecule has 2 atom stereocenters. The first-order valence-electron chi connectivity index (χ1n) is 6.17. The summed E-state index contributed by atoms with van der Waals surface area (Å²) in [5, 5.41) is 9.06. The van der Waals surface area contributed by atoms with E-state index in [4.69, 9.17) is 14.6 Å². The molecule has 1 N–H and O–H groups in total. The standard InChI is InChI=1S/C12H25NO3/c1-10(2)8-15-5-4-13-6-12(7-14)16-9-11(13)3/h10-12,14H,4-9H2,1-3H3. The van der Waals surface area contributed by atoms with Crippen molar-refractivity contribution >= 4 is 0 Å². The van der Waals surface area contributed by atoms with Gasteiger partial charge in [0.15, 0.2) is 0 Å². The molecule has 1 aliphatic heterocycles. The predicted molar refractivity (Wildman–Crippen MR) is 63.5 cm³/mol. The number of nitrogens with zero attached hydrogens (tertiary/aromatic N) is 1. The molecule has 1 saturated heterocycles. The maximum absolute atomic E-state index is 9.06. The highest BCUT2D eigenvalue weighted by molar-refractivity contribution is 4.76. The van der Waals surface area contributed by atoms with Gasteiger partial charge in [-0.05, 0) is 12.8 Å². The second-order valence-corrected chi connectivity index (χ2v) is 4.95. The van der Waals surface area contributed by atoms with Gasteiger partial charge in [-0.3, -0.25) is 4.90 Å². The first-order chi connectivity index (χ1) is 7.63. The van der Waals surface area contributed by atoms with E-state index in [9.17, 15) is 0 Å². The Morgan fingerprint density at radius 3 is 2.88 bits per heavy atom. The summed E-state index contributed by atoms with van der Waals surface area (Å²) >= 11 is 0. The van der Waals surface area contributed by atoms with Gasteiger partial charge in [-0.2, -0.15) is 0 Å². The molecular weight excluding hydrogens is 206 g/mol. The van der Waals surface area contributed by atoms with Crippen LogP contribution in [-0.2, 0) is 9.47 Å². The van der Waals surface area contributed by atoms with Crippen LogP contribution in [0.1, 0.15) is 20.8 Å². The van der Waals surface area contributed by atoms with Gasteiger partial charge >= 0.3 is 0 Å². The number of morpholine rings is 1. The van der Waals surface area contributed by atoms with Crippen molar-refractivity contribution in [1.29, 1.82) is 0 Å². The number of rotatable bonds is 6. The van der Waals surface area contributed by atoms with Gasteiger partial charge in [-0.25, -0.2) is 0 Å². The Hall–Kier alpha value is -0.160. The summed E-state index contributed by atoms with van der Waals surface area (Å²) < 4.78 is 11.1. The lowest BCUT2D eigenvalue weighted by molar-refractivity contribution is -0.0834. The zero-order valence-corrected chi connectivity index (χ0v) is 10.7. The molecule has 1 aliphatic rings. The van der Waals surface area contributed by atoms with Gasteiger partial charge < -0.3 is 14.6 Å². The third-order valence-corrected chi connectivity index (χ3v) is 2.81. The number of hydrogen-bond acceptors (Lipinski definition) is 4. The Kier molecular flexibility index (Phi) is 6.28. The fraction of sp³-hybridized carbons (Fsp3) is 1.00. The Morgan fingerprint density at radius 2 is 2.25 bits per heavy atom. The van der Waals surface area contributed by atoms with Crippen LogP contribution in [0.15, 0.2) is 0 Å². The van der Waals surface area contributed by atoms with E-state index in [0.29, 0.717) is 18.6 Å². The van der Waals surface area contributed by atoms with Gasteiger partial charge in [-0.1, -0.05) is 13.8 Å². The highest BCUT2D eigenvalue weighted by Crippen LogP contribution is 2.10. The molecule has 4 heteroatoms. The molecule has 0 bridgehead atoms. The van der Waals surface area contributed by atoms with Crippen LogP contribution < -0.4 is 0 Å². The van der Waals surface area contributed by atoms with Gasteiger partial charge in [0, 0.05) is 25.7 Å². The van der Waals surface area contributed by atoms with Gasteiger partial charge in [0.05, 0.1) is 25.9 Å². The van der Waals surface area contributed by atoms with Crippen molar-refractivity contribution in [3.63, 3.8) is 0 Å². The lowest BCUT2D eigenvalue weighted by atomic mass is 10.2. The molecule has 0 saturated carbocycles. The molecule has 0 spiro atoms. The topological polar surface area (TPSA) is 41.9 Å². The minimum absolute atomic E-state index is 0.0266. The van der Waals surface area contributed by atoms with Crippen LogP contribution in [0.4, 0.5) is 0 Å². The van der Waals surface area contributed by atoms with Crippen molar-refractivity contribution in [2.24, 2.45) is 5.92 Å². The van der Waals surface area contributed by atoms with E-state index in [2.05, 4.69) is 25.7 Å². The second-order valence-electron chi connectivity index (χ2n) is 4.95. The van der Waals surface area contributed by atoms with Crippen LogP contribution in [0, 0.1) is 5.92 Å². The summed E-state index contributed by atoms with van der Waals surface area (Å²) in [5.74, 6) is 0.590. The third kappa shape index (κ3) is 4.78. The number of aliphatic hydroxyl groups is 1. The lowest BCUT2D eigenvalue weighted by Gasteiger charge is -2.37. The zero-order valence-electron chi connectivity index (χ0n) is 10.7. The highest BCUT2D eigenvalue weighted by Gasteiger charge is 2.24. The Bertz CT molecular complexity index is 187. The average molecular weight is 231 g/mol. The normalized spacial score (nSPS) is 27.6. The molecule has 1 rings (SSSR count). The van der Waals surface area contributed by atoms with Gasteiger partial charge in [0.25, 0.3) is 0 Å². The van der Waals surface area contributed by atoms with Crippen molar-refractivity contribution in [2.45, 2.75) is 32.9 Å². The molecule has 0 radical (unpaired) electrons. The minimum atomic E-state index is -0.0266. The molecule has 2 unspecified atom stereocenters. The molecule has 96 valence electrons. The number of hydrogen-bond donors (Lipinski definition) is 1. The van der Waals surface area contributed by atoms with Crippen LogP contribution in [0.3, 0.4) is 0 Å². The summed E-state index contributed by atoms with van der Waals surface area (Å²) in [7, 11) is 0. The zero-order chi connectivity index (χ0) is 12.0. The minimum Gasteiger partial charge on any atom is -0.394 e. The van der Waals surface area contributed by atoms with E-state index in [1.165, 1.54) is 0 Å². The smallest absolute Gasteiger partial charge is 0.0933 e. The van der Waals surface area contributed by atoms with E-state index < -0.39 is 0 Å². The molecule has 1 heterocycles. The molecule has 1 fully saturated rings. The first kappa shape index (κ1) is 13.9. The van der Waals surface area contributed by atoms with Crippen LogP contribution >= 0.6 is 0 Å². The monoisotopic (exact) mass is 231 g/mol. The summed E-state index contributed by atoms with van der Waals surface area (Å²) in [6, 6.07) is 0.422. The molecule has 0 aromatic heterocycles. The van der Waals surface area contributed by atoms with Gasteiger partial charge in [-0.15, -0.1) is 0 Å². The van der Waals surface area contributed by atoms with Crippen molar-refractivity contribution in [3.8, 4) is 0 Å². The lowest BCUT2D eigenvalue weighted by Crippen LogP contribution is -2.50. The van der Waals surface area contributed by atoms with Crippen molar-refractivity contribution in [2.75, 3.05) is 39.5 Å². The van der Waals surface area contributed by atoms with Crippen LogP contribution in [0.25, 0.3) is 0 Å². The molecule has 0 aromatic carbocycles. The fourth-order valence-corrected chi connectivity index (χ4v) is 1.80. The maximum atomic E-state index is 9.06. The second kappa shape index (κ2) is 7.22. The Labute approximate surface area is 98.5 Å². The first-order valence-corrected chi connectivity index (χ1v) is 6.17. The fourth-order valence-electron chi connectivity index (χ4n) is 1.80. The predicted octanol–water partition coefficient (Wildman–Crippen LogP) is 0.741. The summed E-state index contributed by atoms with van der Waals surface area (Å²) in [6.45, 7) is 10.6. The van der Waals surface area contributed by atoms with Crippen molar-refractivity contribution < 1.29 is 14.6 Å². The summed E-state index contributed by atoms with van der Waals surface area (Å²) in [6.07, 6.45) is -0.0266. The number of ether oxygens (including phenoxy) is 2. The average Bonchev–Trinajstić information content (AvgIpc) is 2.26. The van der Waals surface area contributed by atoms with Crippen LogP contribution in [-0.4, -0.2) is 61.7 Å². The molecule has 0 amide bonds. The van der Waals surface area contributed by atoms with E-state index in [0.717, 1.165) is 26.3 Å². The summed E-state index contributed by atoms with van der Waals surface area (Å²) in [5.41, 5.74) is 0. The summed E-state index contributed by atoms with van der Waals surface area (Å²) in [4.78, 5) is 2.32. The van der Waals surface area contributed by atoms with Crippen molar-refractivity contribution in [3.05, 3.63) is 0 Å². The van der Waals surface area contributed by atoms with E-state index in [-0.39, 0.29) is 12.7 Å². The maximum Gasteiger partial charge on any atom is 0.0933 e. The van der Waals surface area contributed by atoms with Crippen LogP contribution in [0.5, 0.6) is 0 Å². The number of aliphatic hydroxyl groups excluding tert-OH is 1. The van der Waals surface area contributed by atoms with E-state index in [1.54, 1.807) is 0 Å². The van der Waals surface area contributed by atoms with E-state index >= 15 is 0 Å². The molecule has 0 aliphatic carbocycles.